The van der Waals surface area contributed by atoms with Gasteiger partial charge in [0.05, 0.1) is 5.69 Å². The van der Waals surface area contributed by atoms with Crippen LogP contribution in [0.1, 0.15) is 36.0 Å². The van der Waals surface area contributed by atoms with Gasteiger partial charge >= 0.3 is 0 Å². The van der Waals surface area contributed by atoms with E-state index in [1.165, 1.54) is 12.8 Å². The first kappa shape index (κ1) is 10.7. The van der Waals surface area contributed by atoms with Crippen molar-refractivity contribution in [2.45, 2.75) is 25.2 Å². The Bertz CT molecular complexity index is 523. The highest BCUT2D eigenvalue weighted by atomic mass is 35.5. The summed E-state index contributed by atoms with van der Waals surface area (Å²) < 4.78 is 0. The Balaban J connectivity index is 1.87. The first-order valence-corrected chi connectivity index (χ1v) is 6.12. The monoisotopic (exact) mass is 245 g/mol. The zero-order chi connectivity index (χ0) is 11.7. The maximum Gasteiger partial charge on any atom is 0.133 e. The van der Waals surface area contributed by atoms with E-state index in [0.29, 0.717) is 17.5 Å². The first-order chi connectivity index (χ1) is 8.31. The van der Waals surface area contributed by atoms with Gasteiger partial charge in [0.15, 0.2) is 0 Å². The van der Waals surface area contributed by atoms with Crippen molar-refractivity contribution in [1.82, 2.24) is 15.0 Å². The summed E-state index contributed by atoms with van der Waals surface area (Å²) in [6.45, 7) is 0. The van der Waals surface area contributed by atoms with Crippen LogP contribution in [0.15, 0.2) is 30.5 Å². The van der Waals surface area contributed by atoms with Gasteiger partial charge in [-0.1, -0.05) is 17.7 Å². The molecule has 0 N–H and O–H groups in total. The predicted octanol–water partition coefficient (Wildman–Crippen LogP) is 2.99. The summed E-state index contributed by atoms with van der Waals surface area (Å²) in [4.78, 5) is 13.1. The Morgan fingerprint density at radius 1 is 1.18 bits per heavy atom. The van der Waals surface area contributed by atoms with Crippen molar-refractivity contribution in [3.05, 3.63) is 52.8 Å². The standard InChI is InChI=1S/C13H12ClN3/c14-12-8-11(7-10-3-1-2-6-15-10)16-13(17-12)9-4-5-9/h1-3,6,8-9H,4-5,7H2. The lowest BCUT2D eigenvalue weighted by Gasteiger charge is -2.03. The molecule has 2 heterocycles. The SMILES string of the molecule is Clc1cc(Cc2ccccn2)nc(C2CC2)n1. The van der Waals surface area contributed by atoms with Crippen LogP contribution in [0.4, 0.5) is 0 Å². The van der Waals surface area contributed by atoms with Crippen LogP contribution in [-0.4, -0.2) is 15.0 Å². The van der Waals surface area contributed by atoms with Crippen molar-refractivity contribution in [2.24, 2.45) is 0 Å². The summed E-state index contributed by atoms with van der Waals surface area (Å²) in [6, 6.07) is 7.70. The van der Waals surface area contributed by atoms with E-state index in [4.69, 9.17) is 11.6 Å². The fourth-order valence-electron chi connectivity index (χ4n) is 1.79. The fourth-order valence-corrected chi connectivity index (χ4v) is 2.00. The van der Waals surface area contributed by atoms with Crippen LogP contribution < -0.4 is 0 Å². The average molecular weight is 246 g/mol. The molecule has 1 aliphatic carbocycles. The van der Waals surface area contributed by atoms with Crippen molar-refractivity contribution in [1.29, 1.82) is 0 Å². The molecule has 0 unspecified atom stereocenters. The summed E-state index contributed by atoms with van der Waals surface area (Å²) in [5.41, 5.74) is 1.95. The van der Waals surface area contributed by atoms with Gasteiger partial charge in [0.25, 0.3) is 0 Å². The maximum absolute atomic E-state index is 6.02. The molecule has 86 valence electrons. The molecule has 4 heteroatoms. The molecule has 0 saturated heterocycles. The van der Waals surface area contributed by atoms with Gasteiger partial charge in [-0.15, -0.1) is 0 Å². The molecule has 0 amide bonds. The van der Waals surface area contributed by atoms with Crippen LogP contribution in [-0.2, 0) is 6.42 Å². The lowest BCUT2D eigenvalue weighted by molar-refractivity contribution is 0.879. The molecule has 17 heavy (non-hydrogen) atoms. The summed E-state index contributed by atoms with van der Waals surface area (Å²) >= 11 is 6.02. The number of aromatic nitrogens is 3. The van der Waals surface area contributed by atoms with Gasteiger partial charge in [-0.2, -0.15) is 0 Å². The molecule has 1 aliphatic rings. The minimum Gasteiger partial charge on any atom is -0.261 e. The molecule has 0 atom stereocenters. The van der Waals surface area contributed by atoms with Gasteiger partial charge in [-0.3, -0.25) is 4.98 Å². The molecular formula is C13H12ClN3. The van der Waals surface area contributed by atoms with Gasteiger partial charge in [0.1, 0.15) is 11.0 Å². The van der Waals surface area contributed by atoms with E-state index in [2.05, 4.69) is 15.0 Å². The number of rotatable bonds is 3. The summed E-state index contributed by atoms with van der Waals surface area (Å²) in [5.74, 6) is 1.42. The van der Waals surface area contributed by atoms with Crippen LogP contribution in [0.3, 0.4) is 0 Å². The number of nitrogens with zero attached hydrogens (tertiary/aromatic N) is 3. The van der Waals surface area contributed by atoms with Gasteiger partial charge in [0.2, 0.25) is 0 Å². The summed E-state index contributed by atoms with van der Waals surface area (Å²) in [7, 11) is 0. The van der Waals surface area contributed by atoms with Crippen molar-refractivity contribution in [3.8, 4) is 0 Å². The molecule has 0 bridgehead atoms. The Hall–Kier alpha value is -1.48. The number of pyridine rings is 1. The molecule has 3 rings (SSSR count). The smallest absolute Gasteiger partial charge is 0.133 e. The third kappa shape index (κ3) is 2.61. The highest BCUT2D eigenvalue weighted by Crippen LogP contribution is 2.38. The lowest BCUT2D eigenvalue weighted by Crippen LogP contribution is -2.00. The Kier molecular flexibility index (Phi) is 2.77. The third-order valence-corrected chi connectivity index (χ3v) is 2.99. The molecule has 0 spiro atoms. The first-order valence-electron chi connectivity index (χ1n) is 5.74. The molecule has 1 fully saturated rings. The van der Waals surface area contributed by atoms with E-state index in [1.54, 1.807) is 6.20 Å². The minimum absolute atomic E-state index is 0.524. The molecule has 3 nitrogen and oxygen atoms in total. The quantitative estimate of drug-likeness (QED) is 0.781. The number of halogens is 1. The van der Waals surface area contributed by atoms with Crippen LogP contribution in [0.2, 0.25) is 5.15 Å². The number of hydrogen-bond donors (Lipinski definition) is 0. The van der Waals surface area contributed by atoms with Gasteiger partial charge in [0, 0.05) is 24.2 Å². The molecule has 2 aromatic heterocycles. The topological polar surface area (TPSA) is 38.7 Å². The number of hydrogen-bond acceptors (Lipinski definition) is 3. The summed E-state index contributed by atoms with van der Waals surface area (Å²) in [6.07, 6.45) is 4.87. The van der Waals surface area contributed by atoms with Crippen LogP contribution in [0, 0.1) is 0 Å². The van der Waals surface area contributed by atoms with Gasteiger partial charge < -0.3 is 0 Å². The van der Waals surface area contributed by atoms with Gasteiger partial charge in [-0.05, 0) is 31.0 Å². The van der Waals surface area contributed by atoms with Crippen molar-refractivity contribution in [2.75, 3.05) is 0 Å². The largest absolute Gasteiger partial charge is 0.261 e. The van der Waals surface area contributed by atoms with Crippen LogP contribution in [0.25, 0.3) is 0 Å². The maximum atomic E-state index is 6.02. The van der Waals surface area contributed by atoms with Gasteiger partial charge in [-0.25, -0.2) is 9.97 Å². The van der Waals surface area contributed by atoms with E-state index < -0.39 is 0 Å². The highest BCUT2D eigenvalue weighted by molar-refractivity contribution is 6.29. The van der Waals surface area contributed by atoms with Crippen molar-refractivity contribution < 1.29 is 0 Å². The molecule has 0 aliphatic heterocycles. The predicted molar refractivity (Wildman–Crippen MR) is 66.1 cm³/mol. The van der Waals surface area contributed by atoms with E-state index >= 15 is 0 Å². The zero-order valence-corrected chi connectivity index (χ0v) is 10.1. The minimum atomic E-state index is 0.524. The molecule has 0 radical (unpaired) electrons. The van der Waals surface area contributed by atoms with E-state index in [1.807, 2.05) is 24.3 Å². The van der Waals surface area contributed by atoms with E-state index in [0.717, 1.165) is 17.2 Å². The summed E-state index contributed by atoms with van der Waals surface area (Å²) in [5, 5.41) is 0.535. The lowest BCUT2D eigenvalue weighted by atomic mass is 10.2. The normalized spacial score (nSPS) is 14.9. The third-order valence-electron chi connectivity index (χ3n) is 2.80. The highest BCUT2D eigenvalue weighted by Gasteiger charge is 2.27. The second-order valence-corrected chi connectivity index (χ2v) is 4.70. The Morgan fingerprint density at radius 2 is 2.06 bits per heavy atom. The molecular weight excluding hydrogens is 234 g/mol. The molecule has 2 aromatic rings. The van der Waals surface area contributed by atoms with Crippen molar-refractivity contribution in [3.63, 3.8) is 0 Å². The fraction of sp³-hybridized carbons (Fsp3) is 0.308. The van der Waals surface area contributed by atoms with Crippen molar-refractivity contribution >= 4 is 11.6 Å². The second kappa shape index (κ2) is 4.41. The Labute approximate surface area is 105 Å². The van der Waals surface area contributed by atoms with Crippen LogP contribution >= 0.6 is 11.6 Å². The zero-order valence-electron chi connectivity index (χ0n) is 9.31. The van der Waals surface area contributed by atoms with E-state index in [-0.39, 0.29) is 0 Å². The Morgan fingerprint density at radius 3 is 2.76 bits per heavy atom. The van der Waals surface area contributed by atoms with E-state index in [9.17, 15) is 0 Å². The molecule has 1 saturated carbocycles. The second-order valence-electron chi connectivity index (χ2n) is 4.31. The van der Waals surface area contributed by atoms with Crippen LogP contribution in [0.5, 0.6) is 0 Å². The average Bonchev–Trinajstić information content (AvgIpc) is 3.13. The molecule has 0 aromatic carbocycles.